The molecule has 2 aromatic heterocycles. The lowest BCUT2D eigenvalue weighted by atomic mass is 10.1. The molecule has 1 unspecified atom stereocenters. The van der Waals surface area contributed by atoms with Crippen molar-refractivity contribution in [1.29, 1.82) is 0 Å². The number of likely N-dealkylation sites (tertiary alicyclic amines) is 1. The van der Waals surface area contributed by atoms with Crippen molar-refractivity contribution < 1.29 is 4.79 Å². The fourth-order valence-electron chi connectivity index (χ4n) is 3.39. The SMILES string of the molecule is CN1CC(Cn2cnc(-c3ccccc3)c2-c2ccsc2)CC1=O. The number of benzene rings is 1. The number of thiophene rings is 1. The van der Waals surface area contributed by atoms with E-state index in [1.807, 2.05) is 36.5 Å². The summed E-state index contributed by atoms with van der Waals surface area (Å²) in [5.41, 5.74) is 4.46. The average molecular weight is 337 g/mol. The molecule has 0 saturated carbocycles. The van der Waals surface area contributed by atoms with E-state index >= 15 is 0 Å². The van der Waals surface area contributed by atoms with Crippen molar-refractivity contribution in [3.63, 3.8) is 0 Å². The predicted molar refractivity (Wildman–Crippen MR) is 96.7 cm³/mol. The van der Waals surface area contributed by atoms with Crippen LogP contribution in [0.2, 0.25) is 0 Å². The topological polar surface area (TPSA) is 38.1 Å². The minimum Gasteiger partial charge on any atom is -0.345 e. The summed E-state index contributed by atoms with van der Waals surface area (Å²) in [4.78, 5) is 18.3. The lowest BCUT2D eigenvalue weighted by Gasteiger charge is -2.14. The fourth-order valence-corrected chi connectivity index (χ4v) is 4.03. The third kappa shape index (κ3) is 2.76. The first kappa shape index (κ1) is 15.1. The molecular weight excluding hydrogens is 318 g/mol. The third-order valence-electron chi connectivity index (χ3n) is 4.56. The van der Waals surface area contributed by atoms with Crippen molar-refractivity contribution >= 4 is 17.2 Å². The first-order valence-corrected chi connectivity index (χ1v) is 9.03. The zero-order valence-electron chi connectivity index (χ0n) is 13.6. The number of hydrogen-bond acceptors (Lipinski definition) is 3. The summed E-state index contributed by atoms with van der Waals surface area (Å²) in [6.45, 7) is 1.64. The second-order valence-corrected chi connectivity index (χ2v) is 7.10. The molecule has 0 spiro atoms. The quantitative estimate of drug-likeness (QED) is 0.727. The van der Waals surface area contributed by atoms with Gasteiger partial charge in [0.25, 0.3) is 0 Å². The third-order valence-corrected chi connectivity index (χ3v) is 5.24. The van der Waals surface area contributed by atoms with E-state index in [-0.39, 0.29) is 5.91 Å². The van der Waals surface area contributed by atoms with Crippen LogP contribution in [-0.4, -0.2) is 34.0 Å². The molecule has 122 valence electrons. The molecule has 1 atom stereocenters. The maximum absolute atomic E-state index is 11.8. The number of amides is 1. The summed E-state index contributed by atoms with van der Waals surface area (Å²) in [7, 11) is 1.88. The number of carbonyl (C=O) groups is 1. The Hall–Kier alpha value is -2.40. The number of nitrogens with zero attached hydrogens (tertiary/aromatic N) is 3. The van der Waals surface area contributed by atoms with Crippen LogP contribution in [0.5, 0.6) is 0 Å². The molecule has 0 N–H and O–H groups in total. The number of carbonyl (C=O) groups excluding carboxylic acids is 1. The molecule has 1 aliphatic rings. The van der Waals surface area contributed by atoms with E-state index in [0.29, 0.717) is 12.3 Å². The summed E-state index contributed by atoms with van der Waals surface area (Å²) in [5.74, 6) is 0.582. The second-order valence-electron chi connectivity index (χ2n) is 6.32. The number of aromatic nitrogens is 2. The lowest BCUT2D eigenvalue weighted by molar-refractivity contribution is -0.126. The van der Waals surface area contributed by atoms with Crippen LogP contribution in [-0.2, 0) is 11.3 Å². The van der Waals surface area contributed by atoms with Crippen LogP contribution in [0.25, 0.3) is 22.5 Å². The van der Waals surface area contributed by atoms with Crippen LogP contribution < -0.4 is 0 Å². The first-order valence-electron chi connectivity index (χ1n) is 8.09. The maximum Gasteiger partial charge on any atom is 0.222 e. The van der Waals surface area contributed by atoms with E-state index in [0.717, 1.165) is 30.0 Å². The van der Waals surface area contributed by atoms with Crippen molar-refractivity contribution in [3.05, 3.63) is 53.5 Å². The van der Waals surface area contributed by atoms with Gasteiger partial charge < -0.3 is 9.47 Å². The molecule has 1 saturated heterocycles. The summed E-state index contributed by atoms with van der Waals surface area (Å²) in [5, 5.41) is 4.25. The lowest BCUT2D eigenvalue weighted by Crippen LogP contribution is -2.20. The highest BCUT2D eigenvalue weighted by Crippen LogP contribution is 2.33. The Balaban J connectivity index is 1.73. The van der Waals surface area contributed by atoms with Gasteiger partial charge in [-0.2, -0.15) is 11.3 Å². The Kier molecular flexibility index (Phi) is 3.94. The van der Waals surface area contributed by atoms with Gasteiger partial charge in [-0.3, -0.25) is 4.79 Å². The van der Waals surface area contributed by atoms with Gasteiger partial charge in [-0.1, -0.05) is 30.3 Å². The molecule has 0 bridgehead atoms. The van der Waals surface area contributed by atoms with Crippen molar-refractivity contribution in [2.24, 2.45) is 5.92 Å². The Morgan fingerprint density at radius 3 is 2.71 bits per heavy atom. The highest BCUT2D eigenvalue weighted by Gasteiger charge is 2.28. The van der Waals surface area contributed by atoms with Gasteiger partial charge in [-0.05, 0) is 11.4 Å². The van der Waals surface area contributed by atoms with Crippen LogP contribution in [0.4, 0.5) is 0 Å². The van der Waals surface area contributed by atoms with Crippen molar-refractivity contribution in [3.8, 4) is 22.5 Å². The normalized spacial score (nSPS) is 17.6. The molecule has 0 radical (unpaired) electrons. The van der Waals surface area contributed by atoms with E-state index in [2.05, 4.69) is 33.5 Å². The summed E-state index contributed by atoms with van der Waals surface area (Å²) in [6, 6.07) is 12.4. The molecule has 4 nitrogen and oxygen atoms in total. The Morgan fingerprint density at radius 2 is 2.04 bits per heavy atom. The molecule has 1 aromatic carbocycles. The van der Waals surface area contributed by atoms with Gasteiger partial charge in [0.1, 0.15) is 0 Å². The van der Waals surface area contributed by atoms with Gasteiger partial charge in [-0.25, -0.2) is 4.98 Å². The molecule has 0 aliphatic carbocycles. The zero-order chi connectivity index (χ0) is 16.5. The smallest absolute Gasteiger partial charge is 0.222 e. The highest BCUT2D eigenvalue weighted by molar-refractivity contribution is 7.08. The van der Waals surface area contributed by atoms with Crippen molar-refractivity contribution in [2.75, 3.05) is 13.6 Å². The van der Waals surface area contributed by atoms with Gasteiger partial charge >= 0.3 is 0 Å². The van der Waals surface area contributed by atoms with Crippen molar-refractivity contribution in [1.82, 2.24) is 14.5 Å². The van der Waals surface area contributed by atoms with Crippen LogP contribution in [0.1, 0.15) is 6.42 Å². The van der Waals surface area contributed by atoms with Gasteiger partial charge in [-0.15, -0.1) is 0 Å². The standard InChI is InChI=1S/C19H19N3OS/c1-21-10-14(9-17(21)23)11-22-13-20-18(15-5-3-2-4-6-15)19(22)16-7-8-24-12-16/h2-8,12-14H,9-11H2,1H3. The van der Waals surface area contributed by atoms with E-state index in [1.165, 1.54) is 5.56 Å². The number of imidazole rings is 1. The molecular formula is C19H19N3OS. The predicted octanol–water partition coefficient (Wildman–Crippen LogP) is 3.76. The summed E-state index contributed by atoms with van der Waals surface area (Å²) >= 11 is 1.69. The molecule has 24 heavy (non-hydrogen) atoms. The van der Waals surface area contributed by atoms with Crippen LogP contribution in [0, 0.1) is 5.92 Å². The maximum atomic E-state index is 11.8. The first-order chi connectivity index (χ1) is 11.7. The molecule has 3 heterocycles. The Morgan fingerprint density at radius 1 is 1.21 bits per heavy atom. The van der Waals surface area contributed by atoms with Crippen LogP contribution in [0.15, 0.2) is 53.5 Å². The second kappa shape index (κ2) is 6.24. The van der Waals surface area contributed by atoms with Gasteiger partial charge in [0, 0.05) is 49.0 Å². The summed E-state index contributed by atoms with van der Waals surface area (Å²) in [6.07, 6.45) is 2.54. The van der Waals surface area contributed by atoms with Crippen LogP contribution >= 0.6 is 11.3 Å². The van der Waals surface area contributed by atoms with E-state index < -0.39 is 0 Å². The Bertz CT molecular complexity index is 839. The van der Waals surface area contributed by atoms with E-state index in [9.17, 15) is 4.79 Å². The Labute approximate surface area is 145 Å². The van der Waals surface area contributed by atoms with E-state index in [4.69, 9.17) is 4.98 Å². The fraction of sp³-hybridized carbons (Fsp3) is 0.263. The molecule has 1 aliphatic heterocycles. The van der Waals surface area contributed by atoms with Crippen molar-refractivity contribution in [2.45, 2.75) is 13.0 Å². The molecule has 5 heteroatoms. The molecule has 4 rings (SSSR count). The van der Waals surface area contributed by atoms with Gasteiger partial charge in [0.15, 0.2) is 0 Å². The van der Waals surface area contributed by atoms with Gasteiger partial charge in [0.2, 0.25) is 5.91 Å². The number of rotatable bonds is 4. The molecule has 1 amide bonds. The highest BCUT2D eigenvalue weighted by atomic mass is 32.1. The average Bonchev–Trinajstić information content (AvgIpc) is 3.30. The largest absolute Gasteiger partial charge is 0.345 e. The minimum absolute atomic E-state index is 0.237. The minimum atomic E-state index is 0.237. The molecule has 3 aromatic rings. The number of hydrogen-bond donors (Lipinski definition) is 0. The monoisotopic (exact) mass is 337 g/mol. The zero-order valence-corrected chi connectivity index (χ0v) is 14.4. The molecule has 1 fully saturated rings. The summed E-state index contributed by atoms with van der Waals surface area (Å²) < 4.78 is 2.21. The van der Waals surface area contributed by atoms with Crippen LogP contribution in [0.3, 0.4) is 0 Å². The van der Waals surface area contributed by atoms with Gasteiger partial charge in [0.05, 0.1) is 17.7 Å². The van der Waals surface area contributed by atoms with E-state index in [1.54, 1.807) is 11.3 Å².